The van der Waals surface area contributed by atoms with Gasteiger partial charge in [0.05, 0.1) is 29.6 Å². The number of carbonyl (C=O) groups is 2. The number of hydrogen-bond donors (Lipinski definition) is 5. The number of rotatable bonds is 4. The minimum Gasteiger partial charge on any atom is -0.481 e. The van der Waals surface area contributed by atoms with E-state index in [9.17, 15) is 35.1 Å². The van der Waals surface area contributed by atoms with Crippen LogP contribution in [0.4, 0.5) is 0 Å². The topological polar surface area (TPSA) is 135 Å². The van der Waals surface area contributed by atoms with E-state index in [1.807, 2.05) is 0 Å². The molecule has 5 N–H and O–H groups in total. The minimum absolute atomic E-state index is 0.0235. The molecule has 0 heterocycles. The van der Waals surface area contributed by atoms with Crippen molar-refractivity contribution >= 4 is 11.9 Å². The molecule has 7 heteroatoms. The lowest BCUT2D eigenvalue weighted by molar-refractivity contribution is -0.277. The Balaban J connectivity index is 1.61. The zero-order valence-electron chi connectivity index (χ0n) is 22.9. The maximum Gasteiger partial charge on any atom is 0.312 e. The van der Waals surface area contributed by atoms with Crippen LogP contribution in [-0.4, -0.2) is 56.3 Å². The van der Waals surface area contributed by atoms with Crippen molar-refractivity contribution in [3.8, 4) is 0 Å². The summed E-state index contributed by atoms with van der Waals surface area (Å²) in [5.74, 6) is -2.39. The molecule has 208 valence electrons. The van der Waals surface area contributed by atoms with Crippen LogP contribution in [0.2, 0.25) is 0 Å². The number of fused-ring (bicyclic) bond motifs is 7. The zero-order chi connectivity index (χ0) is 27.3. The van der Waals surface area contributed by atoms with Crippen LogP contribution in [-0.2, 0) is 9.59 Å². The molecular weight excluding hydrogens is 472 g/mol. The Kier molecular flexibility index (Phi) is 6.07. The number of aliphatic carboxylic acids is 2. The highest BCUT2D eigenvalue weighted by molar-refractivity contribution is 5.76. The molecule has 0 radical (unpaired) electrons. The van der Waals surface area contributed by atoms with Gasteiger partial charge < -0.3 is 25.5 Å². The molecule has 0 spiro atoms. The second kappa shape index (κ2) is 8.28. The molecule has 0 amide bonds. The third-order valence-corrected chi connectivity index (χ3v) is 13.6. The SMILES string of the molecule is C=C(CO)[C@@H]1CC[C@]2(C(=O)O)CC[C@]3(C)[C@H](C[C@@H](O)[C@@H]4[C@@]5(C)CC[C@@H](O)[C@@](C)(C(=O)O)[C@@H]5CC[C@]43C)[C@@H]12. The molecule has 0 aromatic heterocycles. The van der Waals surface area contributed by atoms with E-state index in [2.05, 4.69) is 27.4 Å². The Bertz CT molecular complexity index is 1010. The Morgan fingerprint density at radius 3 is 2.14 bits per heavy atom. The fourth-order valence-corrected chi connectivity index (χ4v) is 11.6. The minimum atomic E-state index is -1.26. The lowest BCUT2D eigenvalue weighted by atomic mass is 9.31. The van der Waals surface area contributed by atoms with Gasteiger partial charge in [-0.25, -0.2) is 0 Å². The van der Waals surface area contributed by atoms with E-state index in [1.54, 1.807) is 6.92 Å². The van der Waals surface area contributed by atoms with Crippen molar-refractivity contribution in [3.05, 3.63) is 12.2 Å². The van der Waals surface area contributed by atoms with Gasteiger partial charge in [-0.3, -0.25) is 9.59 Å². The van der Waals surface area contributed by atoms with E-state index in [1.165, 1.54) is 0 Å². The molecule has 0 unspecified atom stereocenters. The lowest BCUT2D eigenvalue weighted by Gasteiger charge is -2.73. The molecule has 12 atom stereocenters. The molecule has 0 aromatic carbocycles. The van der Waals surface area contributed by atoms with E-state index in [0.29, 0.717) is 50.5 Å². The molecule has 5 aliphatic rings. The van der Waals surface area contributed by atoms with Gasteiger partial charge in [0.25, 0.3) is 0 Å². The van der Waals surface area contributed by atoms with Crippen LogP contribution >= 0.6 is 0 Å². The van der Waals surface area contributed by atoms with Crippen LogP contribution in [0, 0.1) is 56.7 Å². The summed E-state index contributed by atoms with van der Waals surface area (Å²) in [6.07, 6.45) is 4.00. The second-order valence-electron chi connectivity index (χ2n) is 14.4. The summed E-state index contributed by atoms with van der Waals surface area (Å²) < 4.78 is 0. The normalized spacial score (nSPS) is 54.8. The largest absolute Gasteiger partial charge is 0.481 e. The van der Waals surface area contributed by atoms with Crippen molar-refractivity contribution < 1.29 is 35.1 Å². The Morgan fingerprint density at radius 2 is 1.54 bits per heavy atom. The number of aliphatic hydroxyl groups excluding tert-OH is 3. The van der Waals surface area contributed by atoms with Crippen LogP contribution in [0.25, 0.3) is 0 Å². The van der Waals surface area contributed by atoms with Crippen LogP contribution in [0.15, 0.2) is 12.2 Å². The van der Waals surface area contributed by atoms with Gasteiger partial charge in [0.1, 0.15) is 0 Å². The van der Waals surface area contributed by atoms with E-state index in [4.69, 9.17) is 0 Å². The van der Waals surface area contributed by atoms with Gasteiger partial charge >= 0.3 is 11.9 Å². The Hall–Kier alpha value is -1.44. The molecule has 5 rings (SSSR count). The predicted molar refractivity (Wildman–Crippen MR) is 137 cm³/mol. The van der Waals surface area contributed by atoms with Gasteiger partial charge in [-0.15, -0.1) is 0 Å². The van der Waals surface area contributed by atoms with E-state index >= 15 is 0 Å². The zero-order valence-corrected chi connectivity index (χ0v) is 22.9. The highest BCUT2D eigenvalue weighted by Gasteiger charge is 2.74. The summed E-state index contributed by atoms with van der Waals surface area (Å²) in [4.78, 5) is 25.4. The van der Waals surface area contributed by atoms with E-state index < -0.39 is 40.4 Å². The summed E-state index contributed by atoms with van der Waals surface area (Å²) in [5.41, 5.74) is -2.39. The summed E-state index contributed by atoms with van der Waals surface area (Å²) in [7, 11) is 0. The Labute approximate surface area is 220 Å². The molecule has 0 aromatic rings. The first-order valence-electron chi connectivity index (χ1n) is 14.3. The highest BCUT2D eigenvalue weighted by Crippen LogP contribution is 2.77. The first-order valence-corrected chi connectivity index (χ1v) is 14.3. The lowest BCUT2D eigenvalue weighted by Crippen LogP contribution is -2.71. The number of carboxylic acid groups (broad SMARTS) is 2. The van der Waals surface area contributed by atoms with Crippen molar-refractivity contribution in [3.63, 3.8) is 0 Å². The summed E-state index contributed by atoms with van der Waals surface area (Å²) >= 11 is 0. The van der Waals surface area contributed by atoms with Crippen LogP contribution in [0.1, 0.15) is 85.5 Å². The molecule has 7 nitrogen and oxygen atoms in total. The molecule has 5 aliphatic carbocycles. The number of hydrogen-bond acceptors (Lipinski definition) is 5. The Morgan fingerprint density at radius 1 is 0.865 bits per heavy atom. The maximum atomic E-state index is 12.8. The molecule has 0 aliphatic heterocycles. The smallest absolute Gasteiger partial charge is 0.312 e. The summed E-state index contributed by atoms with van der Waals surface area (Å²) in [6, 6.07) is 0. The molecular formula is C30H46O7. The van der Waals surface area contributed by atoms with Crippen molar-refractivity contribution in [2.45, 2.75) is 97.7 Å². The average Bonchev–Trinajstić information content (AvgIpc) is 3.23. The summed E-state index contributed by atoms with van der Waals surface area (Å²) in [6.45, 7) is 12.4. The number of carboxylic acids is 2. The highest BCUT2D eigenvalue weighted by atomic mass is 16.4. The second-order valence-corrected chi connectivity index (χ2v) is 14.4. The van der Waals surface area contributed by atoms with E-state index in [0.717, 1.165) is 12.8 Å². The van der Waals surface area contributed by atoms with Gasteiger partial charge in [0.15, 0.2) is 0 Å². The van der Waals surface area contributed by atoms with Gasteiger partial charge in [0, 0.05) is 0 Å². The molecule has 5 fully saturated rings. The van der Waals surface area contributed by atoms with Crippen molar-refractivity contribution in [1.29, 1.82) is 0 Å². The third kappa shape index (κ3) is 3.11. The van der Waals surface area contributed by atoms with Gasteiger partial charge in [0.2, 0.25) is 0 Å². The van der Waals surface area contributed by atoms with Gasteiger partial charge in [-0.2, -0.15) is 0 Å². The van der Waals surface area contributed by atoms with Crippen LogP contribution in [0.3, 0.4) is 0 Å². The molecule has 37 heavy (non-hydrogen) atoms. The van der Waals surface area contributed by atoms with Crippen LogP contribution < -0.4 is 0 Å². The quantitative estimate of drug-likeness (QED) is 0.354. The van der Waals surface area contributed by atoms with Crippen LogP contribution in [0.5, 0.6) is 0 Å². The standard InChI is InChI=1S/C30H46O7/c1-16(15-31)17-6-11-30(25(36)37)13-12-27(3)18(22(17)30)14-19(32)23-26(2)9-8-21(33)29(5,24(34)35)20(26)7-10-28(23,27)4/h17-23,31-33H,1,6-15H2,2-5H3,(H,34,35)(H,36,37)/t17-,18+,19+,20+,21+,22+,23+,26-,27+,28+,29-,30-/m0/s1. The first-order chi connectivity index (χ1) is 17.1. The summed E-state index contributed by atoms with van der Waals surface area (Å²) in [5, 5.41) is 53.6. The average molecular weight is 519 g/mol. The van der Waals surface area contributed by atoms with Crippen molar-refractivity contribution in [1.82, 2.24) is 0 Å². The third-order valence-electron chi connectivity index (χ3n) is 13.6. The fraction of sp³-hybridized carbons (Fsp3) is 0.867. The molecule has 5 saturated carbocycles. The molecule has 0 bridgehead atoms. The van der Waals surface area contributed by atoms with Gasteiger partial charge in [-0.05, 0) is 116 Å². The van der Waals surface area contributed by atoms with Gasteiger partial charge in [-0.1, -0.05) is 27.4 Å². The fourth-order valence-electron chi connectivity index (χ4n) is 11.6. The maximum absolute atomic E-state index is 12.8. The first kappa shape index (κ1) is 27.1. The van der Waals surface area contributed by atoms with Crippen molar-refractivity contribution in [2.24, 2.45) is 56.7 Å². The molecule has 0 saturated heterocycles. The number of aliphatic hydroxyl groups is 3. The predicted octanol–water partition coefficient (Wildman–Crippen LogP) is 4.10. The van der Waals surface area contributed by atoms with E-state index in [-0.39, 0.29) is 47.0 Å². The monoisotopic (exact) mass is 518 g/mol. The van der Waals surface area contributed by atoms with Crippen molar-refractivity contribution in [2.75, 3.05) is 6.61 Å².